The van der Waals surface area contributed by atoms with Crippen molar-refractivity contribution in [3.8, 4) is 0 Å². The van der Waals surface area contributed by atoms with Gasteiger partial charge in [-0.25, -0.2) is 34.7 Å². The summed E-state index contributed by atoms with van der Waals surface area (Å²) in [6, 6.07) is 9.23. The summed E-state index contributed by atoms with van der Waals surface area (Å²) >= 11 is 0. The Morgan fingerprint density at radius 1 is 0.850 bits per heavy atom. The molecule has 1 aromatic carbocycles. The summed E-state index contributed by atoms with van der Waals surface area (Å²) in [5.74, 6) is -2.04. The number of aromatic nitrogens is 8. The minimum atomic E-state index is -0.957. The Balaban J connectivity index is 0.000000222. The minimum absolute atomic E-state index is 0.0317. The summed E-state index contributed by atoms with van der Waals surface area (Å²) < 4.78 is 13.0. The molecule has 0 aliphatic heterocycles. The van der Waals surface area contributed by atoms with Crippen LogP contribution in [-0.4, -0.2) is 68.7 Å². The van der Waals surface area contributed by atoms with Crippen LogP contribution in [0.15, 0.2) is 49.3 Å². The molecule has 0 radical (unpaired) electrons. The van der Waals surface area contributed by atoms with Crippen molar-refractivity contribution in [2.45, 2.75) is 26.6 Å². The third kappa shape index (κ3) is 6.42. The number of carboxylic acids is 1. The highest BCUT2D eigenvalue weighted by Gasteiger charge is 2.19. The van der Waals surface area contributed by atoms with Crippen LogP contribution in [0.4, 0.5) is 11.6 Å². The summed E-state index contributed by atoms with van der Waals surface area (Å²) in [4.78, 5) is 58.1. The maximum absolute atomic E-state index is 12.2. The van der Waals surface area contributed by atoms with Crippen molar-refractivity contribution in [3.63, 3.8) is 0 Å². The van der Waals surface area contributed by atoms with E-state index in [4.69, 9.17) is 26.0 Å². The van der Waals surface area contributed by atoms with Crippen LogP contribution in [0, 0.1) is 0 Å². The van der Waals surface area contributed by atoms with Gasteiger partial charge in [-0.05, 0) is 12.5 Å². The zero-order chi connectivity index (χ0) is 28.6. The molecule has 0 bridgehead atoms. The van der Waals surface area contributed by atoms with E-state index in [2.05, 4.69) is 29.9 Å². The van der Waals surface area contributed by atoms with Crippen LogP contribution in [-0.2, 0) is 38.8 Å². The van der Waals surface area contributed by atoms with Crippen LogP contribution >= 0.6 is 0 Å². The van der Waals surface area contributed by atoms with Crippen molar-refractivity contribution in [1.29, 1.82) is 0 Å². The molecule has 0 aliphatic carbocycles. The summed E-state index contributed by atoms with van der Waals surface area (Å²) in [5, 5.41) is 8.59. The molecule has 16 nitrogen and oxygen atoms in total. The lowest BCUT2D eigenvalue weighted by molar-refractivity contribution is -0.143. The van der Waals surface area contributed by atoms with E-state index >= 15 is 0 Å². The molecule has 0 spiro atoms. The molecule has 5 N–H and O–H groups in total. The Bertz CT molecular complexity index is 1670. The molecule has 0 amide bonds. The fourth-order valence-corrected chi connectivity index (χ4v) is 3.47. The lowest BCUT2D eigenvalue weighted by Gasteiger charge is -2.06. The molecule has 4 heterocycles. The fraction of sp³-hybridized carbons (Fsp3) is 0.208. The van der Waals surface area contributed by atoms with Crippen molar-refractivity contribution in [2.75, 3.05) is 18.1 Å². The number of carbonyl (C=O) groups excluding carboxylic acids is 2. The Labute approximate surface area is 225 Å². The number of fused-ring (bicyclic) bond motifs is 2. The van der Waals surface area contributed by atoms with Gasteiger partial charge in [-0.15, -0.1) is 0 Å². The van der Waals surface area contributed by atoms with E-state index in [0.29, 0.717) is 16.7 Å². The molecule has 0 aliphatic rings. The predicted octanol–water partition coefficient (Wildman–Crippen LogP) is 0.822. The van der Waals surface area contributed by atoms with Crippen molar-refractivity contribution in [1.82, 2.24) is 39.0 Å². The zero-order valence-corrected chi connectivity index (χ0v) is 21.2. The molecule has 16 heteroatoms. The van der Waals surface area contributed by atoms with Gasteiger partial charge in [-0.2, -0.15) is 0 Å². The van der Waals surface area contributed by atoms with Gasteiger partial charge in [-0.1, -0.05) is 30.3 Å². The number of imidazole rings is 2. The minimum Gasteiger partial charge on any atom is -0.480 e. The van der Waals surface area contributed by atoms with Gasteiger partial charge in [0.25, 0.3) is 0 Å². The second kappa shape index (κ2) is 12.2. The molecular weight excluding hydrogens is 524 g/mol. The predicted molar refractivity (Wildman–Crippen MR) is 139 cm³/mol. The van der Waals surface area contributed by atoms with Crippen molar-refractivity contribution < 1.29 is 29.0 Å². The first-order valence-electron chi connectivity index (χ1n) is 11.7. The highest BCUT2D eigenvalue weighted by atomic mass is 16.5. The van der Waals surface area contributed by atoms with Crippen molar-refractivity contribution >= 4 is 51.9 Å². The van der Waals surface area contributed by atoms with Crippen molar-refractivity contribution in [2.24, 2.45) is 0 Å². The number of nitrogen functional groups attached to an aromatic ring is 2. The third-order valence-electron chi connectivity index (χ3n) is 5.23. The first kappa shape index (κ1) is 27.4. The molecule has 0 unspecified atom stereocenters. The number of benzene rings is 1. The number of aliphatic carboxylic acids is 1. The van der Waals surface area contributed by atoms with Crippen LogP contribution in [0.25, 0.3) is 22.3 Å². The molecule has 5 aromatic rings. The average Bonchev–Trinajstić information content (AvgIpc) is 3.53. The number of anilines is 2. The molecule has 5 rings (SSSR count). The van der Waals surface area contributed by atoms with Gasteiger partial charge in [0.05, 0.1) is 19.3 Å². The van der Waals surface area contributed by atoms with Crippen LogP contribution in [0.2, 0.25) is 0 Å². The van der Waals surface area contributed by atoms with Gasteiger partial charge in [0.15, 0.2) is 22.9 Å². The number of ether oxygens (including phenoxy) is 2. The summed E-state index contributed by atoms with van der Waals surface area (Å²) in [6.45, 7) is 1.78. The van der Waals surface area contributed by atoms with Gasteiger partial charge in [-0.3, -0.25) is 9.59 Å². The Hall–Kier alpha value is -5.67. The highest BCUT2D eigenvalue weighted by molar-refractivity contribution is 5.91. The first-order chi connectivity index (χ1) is 19.3. The smallest absolute Gasteiger partial charge is 0.376 e. The van der Waals surface area contributed by atoms with Crippen LogP contribution in [0.1, 0.15) is 23.1 Å². The van der Waals surface area contributed by atoms with Gasteiger partial charge in [0, 0.05) is 0 Å². The number of carbonyl (C=O) groups is 3. The van der Waals surface area contributed by atoms with Crippen LogP contribution < -0.4 is 11.5 Å². The van der Waals surface area contributed by atoms with E-state index in [-0.39, 0.29) is 49.4 Å². The fourth-order valence-electron chi connectivity index (χ4n) is 3.47. The van der Waals surface area contributed by atoms with Crippen molar-refractivity contribution in [3.05, 3.63) is 60.7 Å². The standard InChI is InChI=1S/C17H17N5O4.C7H7N5O2/c1-2-25-12(23)8-22-10-19-13-14(18)20-15(21-16(13)22)17(24)26-9-11-6-4-3-5-7-11;8-6-5-7(10-2-9-6)12(3-11-5)1-4(13)14/h3-7,10H,2,8-9H2,1H3,(H2,18,20,21);2-3H,1H2,(H,13,14)(H2,8,9,10). The Kier molecular flexibility index (Phi) is 8.38. The van der Waals surface area contributed by atoms with Gasteiger partial charge < -0.3 is 35.2 Å². The summed E-state index contributed by atoms with van der Waals surface area (Å²) in [7, 11) is 0. The van der Waals surface area contributed by atoms with Crippen LogP contribution in [0.3, 0.4) is 0 Å². The number of esters is 2. The monoisotopic (exact) mass is 548 g/mol. The van der Waals surface area contributed by atoms with E-state index in [9.17, 15) is 14.4 Å². The number of carboxylic acid groups (broad SMARTS) is 1. The molecule has 0 saturated carbocycles. The quantitative estimate of drug-likeness (QED) is 0.228. The lowest BCUT2D eigenvalue weighted by Crippen LogP contribution is -2.15. The molecule has 0 saturated heterocycles. The lowest BCUT2D eigenvalue weighted by atomic mass is 10.2. The number of hydrogen-bond acceptors (Lipinski definition) is 13. The third-order valence-corrected chi connectivity index (χ3v) is 5.23. The Morgan fingerprint density at radius 3 is 2.20 bits per heavy atom. The molecule has 206 valence electrons. The Morgan fingerprint density at radius 2 is 1.52 bits per heavy atom. The maximum atomic E-state index is 12.2. The topological polar surface area (TPSA) is 229 Å². The number of nitrogens with two attached hydrogens (primary N) is 2. The normalized spacial score (nSPS) is 10.6. The van der Waals surface area contributed by atoms with Crippen LogP contribution in [0.5, 0.6) is 0 Å². The van der Waals surface area contributed by atoms with Gasteiger partial charge in [0.2, 0.25) is 5.82 Å². The second-order valence-corrected chi connectivity index (χ2v) is 8.04. The largest absolute Gasteiger partial charge is 0.480 e. The van der Waals surface area contributed by atoms with E-state index in [0.717, 1.165) is 5.56 Å². The summed E-state index contributed by atoms with van der Waals surface area (Å²) in [6.07, 6.45) is 4.05. The van der Waals surface area contributed by atoms with E-state index in [1.807, 2.05) is 30.3 Å². The number of hydrogen-bond donors (Lipinski definition) is 3. The number of nitrogens with zero attached hydrogens (tertiary/aromatic N) is 8. The van der Waals surface area contributed by atoms with Gasteiger partial charge in [0.1, 0.15) is 37.1 Å². The van der Waals surface area contributed by atoms with E-state index in [1.54, 1.807) is 6.92 Å². The molecule has 0 fully saturated rings. The molecule has 4 aromatic heterocycles. The maximum Gasteiger partial charge on any atom is 0.376 e. The van der Waals surface area contributed by atoms with E-state index in [1.165, 1.54) is 28.1 Å². The molecule has 40 heavy (non-hydrogen) atoms. The first-order valence-corrected chi connectivity index (χ1v) is 11.7. The van der Waals surface area contributed by atoms with Gasteiger partial charge >= 0.3 is 17.9 Å². The molecule has 0 atom stereocenters. The molecular formula is C24H24N10O6. The van der Waals surface area contributed by atoms with E-state index < -0.39 is 17.9 Å². The highest BCUT2D eigenvalue weighted by Crippen LogP contribution is 2.17. The summed E-state index contributed by atoms with van der Waals surface area (Å²) in [5.41, 5.74) is 13.6. The zero-order valence-electron chi connectivity index (χ0n) is 21.2. The second-order valence-electron chi connectivity index (χ2n) is 8.04. The number of rotatable bonds is 8. The SMILES string of the molecule is CCOC(=O)Cn1cnc2c(N)nc(C(=O)OCc3ccccc3)nc21.Nc1ncnc2c1ncn2CC(=O)O. The average molecular weight is 549 g/mol.